The van der Waals surface area contributed by atoms with Crippen molar-refractivity contribution in [3.63, 3.8) is 0 Å². The first-order valence-electron chi connectivity index (χ1n) is 11.0. The highest BCUT2D eigenvalue weighted by Crippen LogP contribution is 2.21. The van der Waals surface area contributed by atoms with Crippen molar-refractivity contribution >= 4 is 29.4 Å². The van der Waals surface area contributed by atoms with Gasteiger partial charge in [0.05, 0.1) is 23.0 Å². The number of benzene rings is 3. The highest BCUT2D eigenvalue weighted by Gasteiger charge is 2.25. The summed E-state index contributed by atoms with van der Waals surface area (Å²) in [4.78, 5) is 39.6. The van der Waals surface area contributed by atoms with Crippen molar-refractivity contribution in [2.75, 3.05) is 7.05 Å². The largest absolute Gasteiger partial charge is 0.452 e. The van der Waals surface area contributed by atoms with Crippen molar-refractivity contribution in [2.45, 2.75) is 32.0 Å². The van der Waals surface area contributed by atoms with Crippen molar-refractivity contribution in [1.82, 2.24) is 10.2 Å². The van der Waals surface area contributed by atoms with E-state index in [1.807, 2.05) is 6.07 Å². The van der Waals surface area contributed by atoms with Gasteiger partial charge in [-0.1, -0.05) is 66.2 Å². The van der Waals surface area contributed by atoms with Crippen LogP contribution in [0.5, 0.6) is 0 Å². The van der Waals surface area contributed by atoms with Crippen LogP contribution in [0.2, 0.25) is 5.02 Å². The summed E-state index contributed by atoms with van der Waals surface area (Å²) in [7, 11) is 1.55. The van der Waals surface area contributed by atoms with Gasteiger partial charge in [0.25, 0.3) is 11.8 Å². The monoisotopic (exact) mass is 496 g/mol. The molecule has 6 nitrogen and oxygen atoms in total. The first kappa shape index (κ1) is 25.9. The second-order valence-electron chi connectivity index (χ2n) is 8.08. The van der Waals surface area contributed by atoms with Crippen LogP contribution in [0.25, 0.3) is 0 Å². The Labute approximate surface area is 208 Å². The topological polar surface area (TPSA) is 75.7 Å². The van der Waals surface area contributed by atoms with Crippen LogP contribution in [0.15, 0.2) is 78.9 Å². The number of amides is 2. The summed E-state index contributed by atoms with van der Waals surface area (Å²) in [6.07, 6.45) is -1.25. The molecule has 1 N–H and O–H groups in total. The van der Waals surface area contributed by atoms with Crippen LogP contribution in [-0.4, -0.2) is 35.8 Å². The summed E-state index contributed by atoms with van der Waals surface area (Å²) in [5.41, 5.74) is 1.60. The highest BCUT2D eigenvalue weighted by atomic mass is 35.5. The molecule has 0 saturated carbocycles. The minimum Gasteiger partial charge on any atom is -0.452 e. The zero-order chi connectivity index (χ0) is 25.4. The van der Waals surface area contributed by atoms with Crippen molar-refractivity contribution < 1.29 is 23.5 Å². The fraction of sp³-hybridized carbons (Fsp3) is 0.222. The molecule has 3 rings (SSSR count). The first-order chi connectivity index (χ1) is 16.7. The Hall–Kier alpha value is -3.71. The molecule has 2 atom stereocenters. The van der Waals surface area contributed by atoms with Crippen LogP contribution in [0.3, 0.4) is 0 Å². The number of rotatable bonds is 9. The van der Waals surface area contributed by atoms with Crippen molar-refractivity contribution in [1.29, 1.82) is 0 Å². The van der Waals surface area contributed by atoms with Gasteiger partial charge in [-0.15, -0.1) is 0 Å². The van der Waals surface area contributed by atoms with E-state index < -0.39 is 35.7 Å². The third-order valence-electron chi connectivity index (χ3n) is 5.34. The van der Waals surface area contributed by atoms with E-state index in [1.165, 1.54) is 24.0 Å². The van der Waals surface area contributed by atoms with Gasteiger partial charge in [0.15, 0.2) is 6.10 Å². The first-order valence-corrected chi connectivity index (χ1v) is 11.4. The molecule has 0 aliphatic carbocycles. The fourth-order valence-electron chi connectivity index (χ4n) is 3.58. The number of carbonyl (C=O) groups excluding carboxylic acids is 3. The average Bonchev–Trinajstić information content (AvgIpc) is 2.83. The van der Waals surface area contributed by atoms with Gasteiger partial charge >= 0.3 is 5.97 Å². The lowest BCUT2D eigenvalue weighted by atomic mass is 10.0. The number of hydrogen-bond acceptors (Lipinski definition) is 4. The van der Waals surface area contributed by atoms with Crippen LogP contribution in [0.1, 0.15) is 40.9 Å². The SMILES string of the molecule is CC(OC(=O)CC(NC(=O)c1ccccc1Cl)c1ccccc1)C(=O)N(C)Cc1cccc(F)c1. The summed E-state index contributed by atoms with van der Waals surface area (Å²) in [5.74, 6) is -1.91. The summed E-state index contributed by atoms with van der Waals surface area (Å²) in [6, 6.07) is 20.8. The van der Waals surface area contributed by atoms with Gasteiger partial charge in [0.1, 0.15) is 5.82 Å². The van der Waals surface area contributed by atoms with Crippen molar-refractivity contribution in [3.8, 4) is 0 Å². The number of hydrogen-bond donors (Lipinski definition) is 1. The Kier molecular flexibility index (Phi) is 8.98. The van der Waals surface area contributed by atoms with Gasteiger partial charge in [-0.3, -0.25) is 14.4 Å². The second kappa shape index (κ2) is 12.1. The van der Waals surface area contributed by atoms with E-state index in [-0.39, 0.29) is 18.5 Å². The van der Waals surface area contributed by atoms with E-state index in [4.69, 9.17) is 16.3 Å². The van der Waals surface area contributed by atoms with E-state index in [1.54, 1.807) is 67.7 Å². The zero-order valence-corrected chi connectivity index (χ0v) is 20.2. The summed E-state index contributed by atoms with van der Waals surface area (Å²) < 4.78 is 18.8. The number of esters is 1. The van der Waals surface area contributed by atoms with Gasteiger partial charge in [-0.05, 0) is 42.3 Å². The summed E-state index contributed by atoms with van der Waals surface area (Å²) in [5, 5.41) is 3.12. The predicted octanol–water partition coefficient (Wildman–Crippen LogP) is 4.93. The number of nitrogens with zero attached hydrogens (tertiary/aromatic N) is 1. The number of halogens is 2. The molecule has 0 fully saturated rings. The van der Waals surface area contributed by atoms with E-state index in [0.29, 0.717) is 16.1 Å². The smallest absolute Gasteiger partial charge is 0.309 e. The zero-order valence-electron chi connectivity index (χ0n) is 19.4. The standard InChI is InChI=1S/C27H26ClFN2O4/c1-18(27(34)31(2)17-19-9-8-12-21(29)15-19)35-25(32)16-24(20-10-4-3-5-11-20)30-26(33)22-13-6-7-14-23(22)28/h3-15,18,24H,16-17H2,1-2H3,(H,30,33). The molecule has 3 aromatic carbocycles. The lowest BCUT2D eigenvalue weighted by Crippen LogP contribution is -2.38. The maximum Gasteiger partial charge on any atom is 0.309 e. The number of nitrogens with one attached hydrogen (secondary N) is 1. The van der Waals surface area contributed by atoms with Crippen molar-refractivity contribution in [2.24, 2.45) is 0 Å². The maximum absolute atomic E-state index is 13.4. The van der Waals surface area contributed by atoms with Gasteiger partial charge < -0.3 is 15.0 Å². The minimum absolute atomic E-state index is 0.166. The maximum atomic E-state index is 13.4. The molecule has 0 spiro atoms. The minimum atomic E-state index is -1.06. The molecule has 8 heteroatoms. The lowest BCUT2D eigenvalue weighted by molar-refractivity contribution is -0.159. The molecule has 0 bridgehead atoms. The molecule has 3 aromatic rings. The van der Waals surface area contributed by atoms with Gasteiger partial charge in [-0.25, -0.2) is 4.39 Å². The van der Waals surface area contributed by atoms with Gasteiger partial charge in [0, 0.05) is 13.6 Å². The molecule has 35 heavy (non-hydrogen) atoms. The average molecular weight is 497 g/mol. The third-order valence-corrected chi connectivity index (χ3v) is 5.67. The third kappa shape index (κ3) is 7.39. The quantitative estimate of drug-likeness (QED) is 0.426. The predicted molar refractivity (Wildman–Crippen MR) is 131 cm³/mol. The summed E-state index contributed by atoms with van der Waals surface area (Å²) >= 11 is 6.14. The van der Waals surface area contributed by atoms with E-state index >= 15 is 0 Å². The summed E-state index contributed by atoms with van der Waals surface area (Å²) in [6.45, 7) is 1.64. The molecule has 2 unspecified atom stereocenters. The van der Waals surface area contributed by atoms with Crippen LogP contribution >= 0.6 is 11.6 Å². The Balaban J connectivity index is 1.65. The molecule has 182 valence electrons. The normalized spacial score (nSPS) is 12.3. The molecule has 0 aliphatic heterocycles. The molecule has 2 amide bonds. The van der Waals surface area contributed by atoms with Crippen LogP contribution < -0.4 is 5.32 Å². The second-order valence-corrected chi connectivity index (χ2v) is 8.48. The van der Waals surface area contributed by atoms with Crippen molar-refractivity contribution in [3.05, 3.63) is 106 Å². The van der Waals surface area contributed by atoms with Gasteiger partial charge in [-0.2, -0.15) is 0 Å². The molecular formula is C27H26ClFN2O4. The Bertz CT molecular complexity index is 1190. The molecule has 0 aliphatic rings. The fourth-order valence-corrected chi connectivity index (χ4v) is 3.80. The Morgan fingerprint density at radius 1 is 1.00 bits per heavy atom. The number of ether oxygens (including phenoxy) is 1. The molecule has 0 saturated heterocycles. The van der Waals surface area contributed by atoms with Crippen LogP contribution in [0.4, 0.5) is 4.39 Å². The molecule has 0 radical (unpaired) electrons. The highest BCUT2D eigenvalue weighted by molar-refractivity contribution is 6.33. The Morgan fingerprint density at radius 3 is 2.37 bits per heavy atom. The molecular weight excluding hydrogens is 471 g/mol. The van der Waals surface area contributed by atoms with E-state index in [9.17, 15) is 18.8 Å². The number of likely N-dealkylation sites (N-methyl/N-ethyl adjacent to an activating group) is 1. The van der Waals surface area contributed by atoms with E-state index in [0.717, 1.165) is 0 Å². The van der Waals surface area contributed by atoms with Gasteiger partial charge in [0.2, 0.25) is 0 Å². The van der Waals surface area contributed by atoms with E-state index in [2.05, 4.69) is 5.32 Å². The lowest BCUT2D eigenvalue weighted by Gasteiger charge is -2.23. The van der Waals surface area contributed by atoms with Crippen LogP contribution in [-0.2, 0) is 20.9 Å². The molecule has 0 aromatic heterocycles. The Morgan fingerprint density at radius 2 is 1.69 bits per heavy atom. The molecule has 0 heterocycles. The number of carbonyl (C=O) groups is 3. The van der Waals surface area contributed by atoms with Crippen LogP contribution in [0, 0.1) is 5.82 Å².